The summed E-state index contributed by atoms with van der Waals surface area (Å²) in [6.45, 7) is 2.28. The topological polar surface area (TPSA) is 68.8 Å². The molecule has 0 bridgehead atoms. The van der Waals surface area contributed by atoms with Gasteiger partial charge in [0.05, 0.1) is 0 Å². The summed E-state index contributed by atoms with van der Waals surface area (Å²) in [5.41, 5.74) is 2.95. The van der Waals surface area contributed by atoms with E-state index in [9.17, 15) is 0 Å². The van der Waals surface area contributed by atoms with Crippen LogP contribution in [0.1, 0.15) is 12.7 Å². The predicted octanol–water partition coefficient (Wildman–Crippen LogP) is 0.427. The first-order valence-electron chi connectivity index (χ1n) is 5.74. The lowest BCUT2D eigenvalue weighted by Gasteiger charge is -2.33. The fourth-order valence-corrected chi connectivity index (χ4v) is 5.01. The Morgan fingerprint density at radius 3 is 2.94 bits per heavy atom. The average molecular weight is 273 g/mol. The standard InChI is InChI=1S/C10H19N5S2/c1-7-10(17-4-3-16-7)8(14-11)5-9-12-6-13-15(9)2/h6-8,10,14H,3-5,11H2,1-2H3. The molecule has 1 aliphatic rings. The Hall–Kier alpha value is -0.240. The molecule has 1 aromatic heterocycles. The monoisotopic (exact) mass is 273 g/mol. The number of aromatic nitrogens is 3. The maximum atomic E-state index is 5.70. The Morgan fingerprint density at radius 2 is 2.35 bits per heavy atom. The zero-order chi connectivity index (χ0) is 12.3. The van der Waals surface area contributed by atoms with Crippen LogP contribution >= 0.6 is 23.5 Å². The number of rotatable bonds is 4. The van der Waals surface area contributed by atoms with Crippen molar-refractivity contribution in [3.63, 3.8) is 0 Å². The van der Waals surface area contributed by atoms with Crippen LogP contribution in [-0.2, 0) is 13.5 Å². The summed E-state index contributed by atoms with van der Waals surface area (Å²) in [6.07, 6.45) is 2.42. The van der Waals surface area contributed by atoms with Gasteiger partial charge in [-0.3, -0.25) is 16.0 Å². The van der Waals surface area contributed by atoms with Crippen LogP contribution in [0.2, 0.25) is 0 Å². The van der Waals surface area contributed by atoms with Gasteiger partial charge in [-0.2, -0.15) is 28.6 Å². The highest BCUT2D eigenvalue weighted by Gasteiger charge is 2.30. The van der Waals surface area contributed by atoms with Gasteiger partial charge in [-0.05, 0) is 0 Å². The lowest BCUT2D eigenvalue weighted by atomic mass is 10.1. The fraction of sp³-hybridized carbons (Fsp3) is 0.800. The van der Waals surface area contributed by atoms with Crippen molar-refractivity contribution in [2.45, 2.75) is 29.9 Å². The summed E-state index contributed by atoms with van der Waals surface area (Å²) in [5.74, 6) is 9.13. The molecular weight excluding hydrogens is 254 g/mol. The van der Waals surface area contributed by atoms with E-state index in [2.05, 4.69) is 22.4 Å². The normalized spacial score (nSPS) is 27.0. The van der Waals surface area contributed by atoms with E-state index >= 15 is 0 Å². The highest BCUT2D eigenvalue weighted by Crippen LogP contribution is 2.33. The molecule has 3 atom stereocenters. The van der Waals surface area contributed by atoms with Crippen molar-refractivity contribution in [3.8, 4) is 0 Å². The summed E-state index contributed by atoms with van der Waals surface area (Å²) >= 11 is 4.04. The van der Waals surface area contributed by atoms with Gasteiger partial charge in [0.25, 0.3) is 0 Å². The third-order valence-corrected chi connectivity index (χ3v) is 6.31. The highest BCUT2D eigenvalue weighted by atomic mass is 32.2. The van der Waals surface area contributed by atoms with E-state index < -0.39 is 0 Å². The minimum atomic E-state index is 0.255. The highest BCUT2D eigenvalue weighted by molar-refractivity contribution is 8.07. The van der Waals surface area contributed by atoms with Gasteiger partial charge in [0.1, 0.15) is 12.2 Å². The van der Waals surface area contributed by atoms with Crippen molar-refractivity contribution >= 4 is 23.5 Å². The molecule has 1 aliphatic heterocycles. The molecule has 0 spiro atoms. The van der Waals surface area contributed by atoms with E-state index in [0.29, 0.717) is 10.5 Å². The Balaban J connectivity index is 2.03. The molecule has 0 saturated carbocycles. The van der Waals surface area contributed by atoms with E-state index in [-0.39, 0.29) is 6.04 Å². The Labute approximate surface area is 110 Å². The second-order valence-corrected chi connectivity index (χ2v) is 6.96. The number of aryl methyl sites for hydroxylation is 1. The van der Waals surface area contributed by atoms with Gasteiger partial charge in [-0.1, -0.05) is 6.92 Å². The smallest absolute Gasteiger partial charge is 0.138 e. The van der Waals surface area contributed by atoms with Gasteiger partial charge in [0.2, 0.25) is 0 Å². The van der Waals surface area contributed by atoms with Gasteiger partial charge in [0, 0.05) is 41.5 Å². The molecule has 96 valence electrons. The SMILES string of the molecule is CC1SCCSC1C(Cc1ncnn1C)NN. The van der Waals surface area contributed by atoms with E-state index in [0.717, 1.165) is 12.2 Å². The molecule has 3 unspecified atom stereocenters. The molecule has 0 aliphatic carbocycles. The first-order chi connectivity index (χ1) is 8.22. The second-order valence-electron chi connectivity index (χ2n) is 4.19. The number of hydrogen-bond donors (Lipinski definition) is 2. The Bertz CT molecular complexity index is 356. The van der Waals surface area contributed by atoms with E-state index in [4.69, 9.17) is 5.84 Å². The summed E-state index contributed by atoms with van der Waals surface area (Å²) in [5, 5.41) is 5.26. The maximum absolute atomic E-state index is 5.70. The molecule has 0 aromatic carbocycles. The van der Waals surface area contributed by atoms with Crippen LogP contribution in [0, 0.1) is 0 Å². The second kappa shape index (κ2) is 6.08. The van der Waals surface area contributed by atoms with Crippen molar-refractivity contribution in [2.75, 3.05) is 11.5 Å². The lowest BCUT2D eigenvalue weighted by molar-refractivity contribution is 0.482. The molecule has 7 heteroatoms. The van der Waals surface area contributed by atoms with Crippen LogP contribution in [0.25, 0.3) is 0 Å². The van der Waals surface area contributed by atoms with Crippen molar-refractivity contribution in [3.05, 3.63) is 12.2 Å². The quantitative estimate of drug-likeness (QED) is 0.612. The molecule has 5 nitrogen and oxygen atoms in total. The molecule has 0 amide bonds. The van der Waals surface area contributed by atoms with Crippen molar-refractivity contribution in [1.29, 1.82) is 0 Å². The van der Waals surface area contributed by atoms with Gasteiger partial charge >= 0.3 is 0 Å². The number of nitrogens with one attached hydrogen (secondary N) is 1. The number of nitrogens with two attached hydrogens (primary N) is 1. The van der Waals surface area contributed by atoms with E-state index in [1.807, 2.05) is 35.3 Å². The number of hydrazine groups is 1. The first kappa shape index (κ1) is 13.2. The van der Waals surface area contributed by atoms with E-state index in [1.54, 1.807) is 6.33 Å². The van der Waals surface area contributed by atoms with Gasteiger partial charge in [0.15, 0.2) is 0 Å². The molecule has 17 heavy (non-hydrogen) atoms. The molecule has 2 heterocycles. The number of thioether (sulfide) groups is 2. The summed E-state index contributed by atoms with van der Waals surface area (Å²) in [4.78, 5) is 4.26. The predicted molar refractivity (Wildman–Crippen MR) is 74.0 cm³/mol. The third kappa shape index (κ3) is 3.15. The van der Waals surface area contributed by atoms with Gasteiger partial charge in [-0.15, -0.1) is 0 Å². The molecule has 1 aromatic rings. The largest absolute Gasteiger partial charge is 0.271 e. The van der Waals surface area contributed by atoms with Crippen molar-refractivity contribution in [2.24, 2.45) is 12.9 Å². The minimum Gasteiger partial charge on any atom is -0.271 e. The first-order valence-corrected chi connectivity index (χ1v) is 7.84. The molecule has 1 fully saturated rings. The summed E-state index contributed by atoms with van der Waals surface area (Å²) in [6, 6.07) is 0.255. The average Bonchev–Trinajstić information content (AvgIpc) is 2.73. The van der Waals surface area contributed by atoms with Crippen LogP contribution in [-0.4, -0.2) is 42.8 Å². The van der Waals surface area contributed by atoms with Crippen LogP contribution < -0.4 is 11.3 Å². The molecule has 0 radical (unpaired) electrons. The van der Waals surface area contributed by atoms with Gasteiger partial charge in [-0.25, -0.2) is 4.98 Å². The fourth-order valence-electron chi connectivity index (χ4n) is 2.06. The van der Waals surface area contributed by atoms with Crippen LogP contribution in [0.5, 0.6) is 0 Å². The van der Waals surface area contributed by atoms with Crippen LogP contribution in [0.15, 0.2) is 6.33 Å². The van der Waals surface area contributed by atoms with Crippen LogP contribution in [0.4, 0.5) is 0 Å². The minimum absolute atomic E-state index is 0.255. The zero-order valence-corrected chi connectivity index (χ0v) is 11.8. The van der Waals surface area contributed by atoms with Crippen molar-refractivity contribution < 1.29 is 0 Å². The molecular formula is C10H19N5S2. The van der Waals surface area contributed by atoms with E-state index in [1.165, 1.54) is 11.5 Å². The third-order valence-electron chi connectivity index (χ3n) is 3.06. The van der Waals surface area contributed by atoms with Gasteiger partial charge < -0.3 is 0 Å². The lowest BCUT2D eigenvalue weighted by Crippen LogP contribution is -2.49. The van der Waals surface area contributed by atoms with Crippen LogP contribution in [0.3, 0.4) is 0 Å². The summed E-state index contributed by atoms with van der Waals surface area (Å²) < 4.78 is 1.82. The maximum Gasteiger partial charge on any atom is 0.138 e. The molecule has 2 rings (SSSR count). The van der Waals surface area contributed by atoms with Crippen molar-refractivity contribution in [1.82, 2.24) is 20.2 Å². The number of nitrogens with zero attached hydrogens (tertiary/aromatic N) is 3. The Kier molecular flexibility index (Phi) is 4.72. The molecule has 1 saturated heterocycles. The molecule has 3 N–H and O–H groups in total. The summed E-state index contributed by atoms with van der Waals surface area (Å²) in [7, 11) is 1.92. The zero-order valence-electron chi connectivity index (χ0n) is 10.2. The number of hydrogen-bond acceptors (Lipinski definition) is 6. The Morgan fingerprint density at radius 1 is 1.59 bits per heavy atom.